The number of anilines is 1. The number of carbonyl (C=O) groups is 1. The minimum absolute atomic E-state index is 0.0715. The van der Waals surface area contributed by atoms with Crippen LogP contribution in [0.3, 0.4) is 0 Å². The number of esters is 1. The molecule has 0 aromatic carbocycles. The van der Waals surface area contributed by atoms with Crippen molar-refractivity contribution in [2.45, 2.75) is 6.92 Å². The van der Waals surface area contributed by atoms with E-state index in [1.807, 2.05) is 0 Å². The second-order valence-corrected chi connectivity index (χ2v) is 4.12. The van der Waals surface area contributed by atoms with Crippen molar-refractivity contribution in [3.63, 3.8) is 0 Å². The van der Waals surface area contributed by atoms with Gasteiger partial charge in [-0.1, -0.05) is 0 Å². The molecule has 5 nitrogen and oxygen atoms in total. The highest BCUT2D eigenvalue weighted by Gasteiger charge is 2.17. The third-order valence-corrected chi connectivity index (χ3v) is 2.97. The van der Waals surface area contributed by atoms with Gasteiger partial charge in [0.2, 0.25) is 5.28 Å². The molecule has 2 N–H and O–H groups in total. The normalized spacial score (nSPS) is 10.6. The molecule has 0 saturated carbocycles. The topological polar surface area (TPSA) is 78.1 Å². The molecule has 0 amide bonds. The number of ether oxygens (including phenoxy) is 1. The van der Waals surface area contributed by atoms with Crippen molar-refractivity contribution < 1.29 is 9.53 Å². The maximum atomic E-state index is 11.6. The molecule has 0 aliphatic rings. The van der Waals surface area contributed by atoms with E-state index in [0.29, 0.717) is 22.4 Å². The number of nitrogens with two attached hydrogens (primary N) is 1. The van der Waals surface area contributed by atoms with E-state index in [-0.39, 0.29) is 11.1 Å². The number of hydrogen-bond acceptors (Lipinski definition) is 6. The Morgan fingerprint density at radius 1 is 1.62 bits per heavy atom. The second kappa shape index (κ2) is 4.23. The van der Waals surface area contributed by atoms with Gasteiger partial charge >= 0.3 is 5.97 Å². The van der Waals surface area contributed by atoms with Crippen LogP contribution >= 0.6 is 22.9 Å². The van der Waals surface area contributed by atoms with Crippen molar-refractivity contribution in [1.29, 1.82) is 0 Å². The molecule has 0 aliphatic heterocycles. The molecule has 0 atom stereocenters. The van der Waals surface area contributed by atoms with Crippen molar-refractivity contribution in [2.24, 2.45) is 0 Å². The average molecular weight is 258 g/mol. The molecule has 0 radical (unpaired) electrons. The Hall–Kier alpha value is -1.40. The Bertz CT molecular complexity index is 555. The number of nitrogens with zero attached hydrogens (tertiary/aromatic N) is 2. The van der Waals surface area contributed by atoms with E-state index in [0.717, 1.165) is 0 Å². The molecule has 0 bridgehead atoms. The van der Waals surface area contributed by atoms with Crippen molar-refractivity contribution in [1.82, 2.24) is 9.97 Å². The lowest BCUT2D eigenvalue weighted by molar-refractivity contribution is 0.0529. The minimum atomic E-state index is -0.425. The van der Waals surface area contributed by atoms with Crippen LogP contribution in [0.15, 0.2) is 5.38 Å². The highest BCUT2D eigenvalue weighted by atomic mass is 35.5. The summed E-state index contributed by atoms with van der Waals surface area (Å²) in [6, 6.07) is 0. The zero-order chi connectivity index (χ0) is 11.7. The zero-order valence-corrected chi connectivity index (χ0v) is 9.93. The van der Waals surface area contributed by atoms with E-state index >= 15 is 0 Å². The number of thiophene rings is 1. The van der Waals surface area contributed by atoms with E-state index < -0.39 is 5.97 Å². The van der Waals surface area contributed by atoms with Gasteiger partial charge in [0, 0.05) is 5.38 Å². The van der Waals surface area contributed by atoms with Crippen LogP contribution in [0.5, 0.6) is 0 Å². The van der Waals surface area contributed by atoms with Crippen LogP contribution in [-0.4, -0.2) is 22.5 Å². The molecule has 2 aromatic rings. The summed E-state index contributed by atoms with van der Waals surface area (Å²) in [4.78, 5) is 20.0. The van der Waals surface area contributed by atoms with Gasteiger partial charge in [-0.25, -0.2) is 14.8 Å². The fraction of sp³-hybridized carbons (Fsp3) is 0.222. The monoisotopic (exact) mass is 257 g/mol. The maximum Gasteiger partial charge on any atom is 0.339 e. The van der Waals surface area contributed by atoms with Crippen LogP contribution in [-0.2, 0) is 4.74 Å². The van der Waals surface area contributed by atoms with Crippen LogP contribution in [0, 0.1) is 0 Å². The van der Waals surface area contributed by atoms with Crippen molar-refractivity contribution >= 4 is 44.9 Å². The quantitative estimate of drug-likeness (QED) is 0.658. The van der Waals surface area contributed by atoms with Gasteiger partial charge in [-0.05, 0) is 18.5 Å². The molecule has 84 valence electrons. The van der Waals surface area contributed by atoms with Gasteiger partial charge in [0.15, 0.2) is 0 Å². The summed E-state index contributed by atoms with van der Waals surface area (Å²) in [5.74, 6) is -0.231. The van der Waals surface area contributed by atoms with Gasteiger partial charge in [-0.2, -0.15) is 0 Å². The van der Waals surface area contributed by atoms with E-state index in [2.05, 4.69) is 9.97 Å². The van der Waals surface area contributed by atoms with Crippen LogP contribution in [0.2, 0.25) is 5.28 Å². The molecule has 2 aromatic heterocycles. The largest absolute Gasteiger partial charge is 0.462 e. The van der Waals surface area contributed by atoms with Gasteiger partial charge in [0.1, 0.15) is 10.6 Å². The smallest absolute Gasteiger partial charge is 0.339 e. The average Bonchev–Trinajstić information content (AvgIpc) is 2.61. The SMILES string of the molecule is CCOC(=O)c1csc2nc(Cl)nc(N)c12. The first-order valence-electron chi connectivity index (χ1n) is 4.50. The number of hydrogen-bond donors (Lipinski definition) is 1. The van der Waals surface area contributed by atoms with Crippen LogP contribution in [0.4, 0.5) is 5.82 Å². The van der Waals surface area contributed by atoms with Gasteiger partial charge in [0.25, 0.3) is 0 Å². The number of rotatable bonds is 2. The summed E-state index contributed by atoms with van der Waals surface area (Å²) in [5, 5.41) is 2.22. The lowest BCUT2D eigenvalue weighted by Gasteiger charge is -2.01. The van der Waals surface area contributed by atoms with E-state index in [1.165, 1.54) is 11.3 Å². The predicted molar refractivity (Wildman–Crippen MR) is 62.8 cm³/mol. The summed E-state index contributed by atoms with van der Waals surface area (Å²) in [6.45, 7) is 2.05. The highest BCUT2D eigenvalue weighted by molar-refractivity contribution is 7.17. The summed E-state index contributed by atoms with van der Waals surface area (Å²) in [5.41, 5.74) is 6.08. The number of fused-ring (bicyclic) bond motifs is 1. The number of aromatic nitrogens is 2. The molecule has 0 unspecified atom stereocenters. The Morgan fingerprint density at radius 2 is 2.38 bits per heavy atom. The number of nitrogen functional groups attached to an aromatic ring is 1. The van der Waals surface area contributed by atoms with Gasteiger partial charge in [-0.3, -0.25) is 0 Å². The second-order valence-electron chi connectivity index (χ2n) is 2.93. The third-order valence-electron chi connectivity index (χ3n) is 1.93. The molecule has 2 heterocycles. The summed E-state index contributed by atoms with van der Waals surface area (Å²) in [6.07, 6.45) is 0. The first-order chi connectivity index (χ1) is 7.63. The highest BCUT2D eigenvalue weighted by Crippen LogP contribution is 2.29. The molecular weight excluding hydrogens is 250 g/mol. The van der Waals surface area contributed by atoms with Crippen molar-refractivity contribution in [3.8, 4) is 0 Å². The fourth-order valence-corrected chi connectivity index (χ4v) is 2.44. The van der Waals surface area contributed by atoms with Crippen molar-refractivity contribution in [3.05, 3.63) is 16.2 Å². The lowest BCUT2D eigenvalue weighted by Crippen LogP contribution is -2.05. The number of halogens is 1. The number of carbonyl (C=O) groups excluding carboxylic acids is 1. The first-order valence-corrected chi connectivity index (χ1v) is 5.76. The molecule has 2 rings (SSSR count). The van der Waals surface area contributed by atoms with Crippen molar-refractivity contribution in [2.75, 3.05) is 12.3 Å². The Morgan fingerprint density at radius 3 is 3.06 bits per heavy atom. The molecule has 0 aliphatic carbocycles. The van der Waals surface area contributed by atoms with E-state index in [4.69, 9.17) is 22.1 Å². The summed E-state index contributed by atoms with van der Waals surface area (Å²) in [7, 11) is 0. The van der Waals surface area contributed by atoms with E-state index in [1.54, 1.807) is 12.3 Å². The molecule has 16 heavy (non-hydrogen) atoms. The molecule has 0 saturated heterocycles. The van der Waals surface area contributed by atoms with Crippen LogP contribution in [0.25, 0.3) is 10.2 Å². The molecular formula is C9H8ClN3O2S. The van der Waals surface area contributed by atoms with Gasteiger partial charge < -0.3 is 10.5 Å². The Labute approximate surface area is 100 Å². The molecule has 0 spiro atoms. The van der Waals surface area contributed by atoms with Gasteiger partial charge in [0.05, 0.1) is 17.6 Å². The fourth-order valence-electron chi connectivity index (χ4n) is 1.30. The lowest BCUT2D eigenvalue weighted by atomic mass is 10.2. The Balaban J connectivity index is 2.60. The maximum absolute atomic E-state index is 11.6. The van der Waals surface area contributed by atoms with Crippen LogP contribution in [0.1, 0.15) is 17.3 Å². The summed E-state index contributed by atoms with van der Waals surface area (Å²) >= 11 is 6.94. The third kappa shape index (κ3) is 1.81. The minimum Gasteiger partial charge on any atom is -0.462 e. The molecule has 0 fully saturated rings. The van der Waals surface area contributed by atoms with Crippen LogP contribution < -0.4 is 5.73 Å². The first kappa shape index (κ1) is 11.1. The predicted octanol–water partition coefficient (Wildman–Crippen LogP) is 2.10. The Kier molecular flexibility index (Phi) is 2.93. The standard InChI is InChI=1S/C9H8ClN3O2S/c1-2-15-8(14)4-3-16-7-5(4)6(11)12-9(10)13-7/h3H,2H2,1H3,(H2,11,12,13). The van der Waals surface area contributed by atoms with E-state index in [9.17, 15) is 4.79 Å². The van der Waals surface area contributed by atoms with Gasteiger partial charge in [-0.15, -0.1) is 11.3 Å². The summed E-state index contributed by atoms with van der Waals surface area (Å²) < 4.78 is 4.90. The molecule has 7 heteroatoms. The zero-order valence-electron chi connectivity index (χ0n) is 8.36.